The third-order valence-corrected chi connectivity index (χ3v) is 5.09. The topological polar surface area (TPSA) is 127 Å². The Kier molecular flexibility index (Phi) is 4.97. The number of carboxylic acids is 1. The number of anilines is 1. The van der Waals surface area contributed by atoms with Crippen LogP contribution in [-0.2, 0) is 10.0 Å². The second kappa shape index (κ2) is 6.63. The van der Waals surface area contributed by atoms with Crippen LogP contribution in [0.25, 0.3) is 0 Å². The highest BCUT2D eigenvalue weighted by Gasteiger charge is 2.26. The Hall–Kier alpha value is -2.36. The van der Waals surface area contributed by atoms with Crippen LogP contribution in [0.3, 0.4) is 0 Å². The smallest absolute Gasteiger partial charge is 0.335 e. The molecule has 0 aliphatic heterocycles. The summed E-state index contributed by atoms with van der Waals surface area (Å²) in [6, 6.07) is 6.70. The summed E-state index contributed by atoms with van der Waals surface area (Å²) < 4.78 is 26.8. The number of benzene rings is 2. The van der Waals surface area contributed by atoms with Crippen molar-refractivity contribution in [2.45, 2.75) is 4.90 Å². The first-order valence-corrected chi connectivity index (χ1v) is 8.36. The van der Waals surface area contributed by atoms with E-state index in [1.54, 1.807) is 0 Å². The minimum atomic E-state index is -4.40. The molecule has 2 N–H and O–H groups in total. The molecule has 126 valence electrons. The fourth-order valence-electron chi connectivity index (χ4n) is 1.82. The predicted octanol–water partition coefficient (Wildman–Crippen LogP) is 3.40. The molecule has 0 saturated heterocycles. The summed E-state index contributed by atoms with van der Waals surface area (Å²) in [5.74, 6) is -1.35. The zero-order chi connectivity index (χ0) is 18.1. The number of aromatic carboxylic acids is 1. The van der Waals surface area contributed by atoms with Crippen molar-refractivity contribution in [1.29, 1.82) is 0 Å². The minimum absolute atomic E-state index is 0.183. The molecule has 2 rings (SSSR count). The lowest BCUT2D eigenvalue weighted by atomic mass is 10.2. The first-order valence-electron chi connectivity index (χ1n) is 6.12. The molecular formula is C13H8Cl2N2O6S. The third-order valence-electron chi connectivity index (χ3n) is 2.87. The minimum Gasteiger partial charge on any atom is -0.478 e. The summed E-state index contributed by atoms with van der Waals surface area (Å²) in [7, 11) is -4.40. The largest absolute Gasteiger partial charge is 0.478 e. The summed E-state index contributed by atoms with van der Waals surface area (Å²) in [5.41, 5.74) is -1.24. The molecular weight excluding hydrogens is 383 g/mol. The standard InChI is InChI=1S/C13H8Cl2N2O6S/c14-8-5-7(13(18)19)6-9(12(8)15)16-24(22,23)11-4-2-1-3-10(11)17(20)21/h1-6,16H,(H,18,19). The Bertz CT molecular complexity index is 945. The average molecular weight is 391 g/mol. The van der Waals surface area contributed by atoms with Gasteiger partial charge in [-0.3, -0.25) is 14.8 Å². The normalized spacial score (nSPS) is 11.1. The Labute approximate surface area is 145 Å². The number of carbonyl (C=O) groups is 1. The van der Waals surface area contributed by atoms with Gasteiger partial charge in [0.1, 0.15) is 0 Å². The van der Waals surface area contributed by atoms with Gasteiger partial charge in [-0.15, -0.1) is 0 Å². The van der Waals surface area contributed by atoms with E-state index in [9.17, 15) is 23.3 Å². The number of rotatable bonds is 5. The molecule has 0 heterocycles. The van der Waals surface area contributed by atoms with Crippen LogP contribution in [0.4, 0.5) is 11.4 Å². The maximum absolute atomic E-state index is 12.4. The lowest BCUT2D eigenvalue weighted by molar-refractivity contribution is -0.387. The summed E-state index contributed by atoms with van der Waals surface area (Å²) >= 11 is 11.7. The monoisotopic (exact) mass is 390 g/mol. The molecule has 0 aliphatic carbocycles. The third kappa shape index (κ3) is 3.58. The van der Waals surface area contributed by atoms with E-state index in [1.165, 1.54) is 12.1 Å². The number of nitrogens with zero attached hydrogens (tertiary/aromatic N) is 1. The van der Waals surface area contributed by atoms with Crippen molar-refractivity contribution in [3.63, 3.8) is 0 Å². The number of halogens is 2. The quantitative estimate of drug-likeness (QED) is 0.594. The van der Waals surface area contributed by atoms with E-state index in [4.69, 9.17) is 28.3 Å². The molecule has 11 heteroatoms. The SMILES string of the molecule is O=C(O)c1cc(Cl)c(Cl)c(NS(=O)(=O)c2ccccc2[N+](=O)[O-])c1. The fourth-order valence-corrected chi connectivity index (χ4v) is 3.49. The molecule has 0 bridgehead atoms. The van der Waals surface area contributed by atoms with Gasteiger partial charge >= 0.3 is 5.97 Å². The van der Waals surface area contributed by atoms with E-state index in [-0.39, 0.29) is 21.3 Å². The van der Waals surface area contributed by atoms with Gasteiger partial charge in [0.2, 0.25) is 0 Å². The number of hydrogen-bond acceptors (Lipinski definition) is 5. The van der Waals surface area contributed by atoms with E-state index in [0.717, 1.165) is 24.3 Å². The zero-order valence-electron chi connectivity index (χ0n) is 11.6. The van der Waals surface area contributed by atoms with Gasteiger partial charge in [0.15, 0.2) is 4.90 Å². The van der Waals surface area contributed by atoms with Crippen LogP contribution in [0.15, 0.2) is 41.3 Å². The van der Waals surface area contributed by atoms with E-state index in [1.807, 2.05) is 4.72 Å². The van der Waals surface area contributed by atoms with Crippen LogP contribution >= 0.6 is 23.2 Å². The molecule has 0 radical (unpaired) electrons. The maximum atomic E-state index is 12.4. The second-order valence-electron chi connectivity index (χ2n) is 4.46. The number of nitro groups is 1. The van der Waals surface area contributed by atoms with Crippen molar-refractivity contribution in [2.24, 2.45) is 0 Å². The van der Waals surface area contributed by atoms with Gasteiger partial charge in [-0.05, 0) is 18.2 Å². The Balaban J connectivity index is 2.55. The predicted molar refractivity (Wildman–Crippen MR) is 87.3 cm³/mol. The van der Waals surface area contributed by atoms with Crippen molar-refractivity contribution in [1.82, 2.24) is 0 Å². The molecule has 24 heavy (non-hydrogen) atoms. The average Bonchev–Trinajstić information content (AvgIpc) is 2.51. The molecule has 0 aromatic heterocycles. The number of sulfonamides is 1. The van der Waals surface area contributed by atoms with Crippen LogP contribution in [0.2, 0.25) is 10.0 Å². The van der Waals surface area contributed by atoms with E-state index in [2.05, 4.69) is 0 Å². The summed E-state index contributed by atoms with van der Waals surface area (Å²) in [4.78, 5) is 20.6. The molecule has 2 aromatic carbocycles. The van der Waals surface area contributed by atoms with Crippen LogP contribution < -0.4 is 4.72 Å². The number of para-hydroxylation sites is 1. The van der Waals surface area contributed by atoms with Crippen molar-refractivity contribution >= 4 is 50.6 Å². The number of nitro benzene ring substituents is 1. The summed E-state index contributed by atoms with van der Waals surface area (Å²) in [5, 5.41) is 19.5. The van der Waals surface area contributed by atoms with Gasteiger partial charge in [-0.25, -0.2) is 13.2 Å². The maximum Gasteiger partial charge on any atom is 0.335 e. The summed E-state index contributed by atoms with van der Waals surface area (Å²) in [6.07, 6.45) is 0. The van der Waals surface area contributed by atoms with Crippen molar-refractivity contribution < 1.29 is 23.2 Å². The zero-order valence-corrected chi connectivity index (χ0v) is 13.9. The number of hydrogen-bond donors (Lipinski definition) is 2. The first-order chi connectivity index (χ1) is 11.1. The lowest BCUT2D eigenvalue weighted by Crippen LogP contribution is -2.15. The molecule has 8 nitrogen and oxygen atoms in total. The molecule has 2 aromatic rings. The second-order valence-corrected chi connectivity index (χ2v) is 6.89. The number of carboxylic acid groups (broad SMARTS) is 1. The molecule has 0 aliphatic rings. The van der Waals surface area contributed by atoms with E-state index in [0.29, 0.717) is 0 Å². The molecule has 0 spiro atoms. The van der Waals surface area contributed by atoms with Gasteiger partial charge < -0.3 is 5.11 Å². The van der Waals surface area contributed by atoms with Crippen LogP contribution in [0.1, 0.15) is 10.4 Å². The van der Waals surface area contributed by atoms with Gasteiger partial charge in [-0.2, -0.15) is 0 Å². The Morgan fingerprint density at radius 3 is 2.42 bits per heavy atom. The Morgan fingerprint density at radius 1 is 1.21 bits per heavy atom. The lowest BCUT2D eigenvalue weighted by Gasteiger charge is -2.11. The first kappa shape index (κ1) is 18.0. The van der Waals surface area contributed by atoms with Crippen LogP contribution in [0.5, 0.6) is 0 Å². The van der Waals surface area contributed by atoms with Gasteiger partial charge in [0.05, 0.1) is 26.2 Å². The molecule has 0 amide bonds. The molecule has 0 unspecified atom stereocenters. The Morgan fingerprint density at radius 2 is 1.83 bits per heavy atom. The number of nitrogens with one attached hydrogen (secondary N) is 1. The highest BCUT2D eigenvalue weighted by atomic mass is 35.5. The van der Waals surface area contributed by atoms with Gasteiger partial charge in [-0.1, -0.05) is 35.3 Å². The van der Waals surface area contributed by atoms with Gasteiger partial charge in [0.25, 0.3) is 15.7 Å². The van der Waals surface area contributed by atoms with E-state index >= 15 is 0 Å². The van der Waals surface area contributed by atoms with Gasteiger partial charge in [0, 0.05) is 6.07 Å². The van der Waals surface area contributed by atoms with Crippen molar-refractivity contribution in [3.8, 4) is 0 Å². The molecule has 0 fully saturated rings. The summed E-state index contributed by atoms with van der Waals surface area (Å²) in [6.45, 7) is 0. The highest BCUT2D eigenvalue weighted by molar-refractivity contribution is 7.92. The molecule has 0 saturated carbocycles. The van der Waals surface area contributed by atoms with Crippen LogP contribution in [-0.4, -0.2) is 24.4 Å². The highest BCUT2D eigenvalue weighted by Crippen LogP contribution is 2.34. The van der Waals surface area contributed by atoms with E-state index < -0.39 is 31.5 Å². The van der Waals surface area contributed by atoms with Crippen LogP contribution in [0, 0.1) is 10.1 Å². The van der Waals surface area contributed by atoms with Crippen molar-refractivity contribution in [3.05, 3.63) is 62.1 Å². The molecule has 0 atom stereocenters. The van der Waals surface area contributed by atoms with Crippen molar-refractivity contribution in [2.75, 3.05) is 4.72 Å². The fraction of sp³-hybridized carbons (Fsp3) is 0.